The van der Waals surface area contributed by atoms with Crippen LogP contribution in [0.3, 0.4) is 0 Å². The van der Waals surface area contributed by atoms with Gasteiger partial charge in [0, 0.05) is 38.1 Å². The van der Waals surface area contributed by atoms with Crippen molar-refractivity contribution < 1.29 is 0 Å². The van der Waals surface area contributed by atoms with Gasteiger partial charge in [0.1, 0.15) is 0 Å². The normalized spacial score (nSPS) is 20.6. The van der Waals surface area contributed by atoms with Gasteiger partial charge >= 0.3 is 0 Å². The van der Waals surface area contributed by atoms with Crippen molar-refractivity contribution in [2.45, 2.75) is 245 Å². The predicted octanol–water partition coefficient (Wildman–Crippen LogP) is 22.8. The summed E-state index contributed by atoms with van der Waals surface area (Å²) in [4.78, 5) is 5.38. The molecule has 0 unspecified atom stereocenters. The Kier molecular flexibility index (Phi) is 12.8. The summed E-state index contributed by atoms with van der Waals surface area (Å²) < 4.78 is 1.36. The van der Waals surface area contributed by atoms with E-state index in [9.17, 15) is 0 Å². The number of aryl methyl sites for hydroxylation is 2. The highest BCUT2D eigenvalue weighted by Gasteiger charge is 2.43. The Bertz CT molecular complexity index is 3590. The number of rotatable bonds is 7. The largest absolute Gasteiger partial charge is 0.310 e. The molecule has 0 saturated carbocycles. The zero-order valence-electron chi connectivity index (χ0n) is 52.8. The second kappa shape index (κ2) is 18.2. The number of hydrogen-bond acceptors (Lipinski definition) is 3. The van der Waals surface area contributed by atoms with Crippen molar-refractivity contribution in [3.8, 4) is 11.1 Å². The highest BCUT2D eigenvalue weighted by atomic mass is 32.1. The molecule has 1 aromatic heterocycles. The molecule has 3 heteroatoms. The maximum absolute atomic E-state index is 2.70. The molecule has 0 atom stereocenters. The fourth-order valence-corrected chi connectivity index (χ4v) is 16.1. The van der Waals surface area contributed by atoms with Crippen molar-refractivity contribution in [2.75, 3.05) is 9.80 Å². The van der Waals surface area contributed by atoms with E-state index in [2.05, 4.69) is 258 Å². The average molecular weight is 1070 g/mol. The fourth-order valence-electron chi connectivity index (χ4n) is 15.1. The van der Waals surface area contributed by atoms with Crippen molar-refractivity contribution in [3.63, 3.8) is 0 Å². The van der Waals surface area contributed by atoms with Gasteiger partial charge in [-0.1, -0.05) is 162 Å². The Morgan fingerprint density at radius 1 is 0.380 bits per heavy atom. The lowest BCUT2D eigenvalue weighted by Gasteiger charge is -2.45. The molecule has 0 saturated heterocycles. The van der Waals surface area contributed by atoms with Gasteiger partial charge in [-0.2, -0.15) is 0 Å². The van der Waals surface area contributed by atoms with Crippen LogP contribution in [0.1, 0.15) is 244 Å². The minimum absolute atomic E-state index is 0.0227. The zero-order chi connectivity index (χ0) is 57.2. The Hall–Kier alpha value is -5.12. The van der Waals surface area contributed by atoms with Crippen molar-refractivity contribution in [1.82, 2.24) is 0 Å². The number of thiophene rings is 1. The third-order valence-electron chi connectivity index (χ3n) is 21.1. The molecule has 1 heterocycles. The van der Waals surface area contributed by atoms with Crippen LogP contribution in [0.15, 0.2) is 102 Å². The van der Waals surface area contributed by atoms with Crippen LogP contribution in [0, 0.1) is 13.8 Å². The summed E-state index contributed by atoms with van der Waals surface area (Å²) in [5.74, 6) is 0. The molecular weight excluding hydrogens is 973 g/mol. The van der Waals surface area contributed by atoms with Crippen molar-refractivity contribution in [1.29, 1.82) is 0 Å². The first-order chi connectivity index (χ1) is 36.5. The van der Waals surface area contributed by atoms with Crippen LogP contribution >= 0.6 is 11.3 Å². The van der Waals surface area contributed by atoms with E-state index in [4.69, 9.17) is 0 Å². The summed E-state index contributed by atoms with van der Waals surface area (Å²) >= 11 is 1.92. The highest BCUT2D eigenvalue weighted by Crippen LogP contribution is 2.57. The topological polar surface area (TPSA) is 6.48 Å². The predicted molar refractivity (Wildman–Crippen MR) is 346 cm³/mol. The summed E-state index contributed by atoms with van der Waals surface area (Å²) in [5, 5.41) is 3.83. The summed E-state index contributed by atoms with van der Waals surface area (Å²) in [7, 11) is 0. The van der Waals surface area contributed by atoms with Gasteiger partial charge in [-0.25, -0.2) is 0 Å². The highest BCUT2D eigenvalue weighted by molar-refractivity contribution is 7.17. The fraction of sp³-hybridized carbons (Fsp3) is 0.500. The van der Waals surface area contributed by atoms with Crippen molar-refractivity contribution in [3.05, 3.63) is 164 Å². The van der Waals surface area contributed by atoms with E-state index in [0.29, 0.717) is 0 Å². The first kappa shape index (κ1) is 55.8. The Balaban J connectivity index is 1.24. The Labute approximate surface area is 482 Å². The van der Waals surface area contributed by atoms with Gasteiger partial charge in [-0.15, -0.1) is 11.3 Å². The van der Waals surface area contributed by atoms with Gasteiger partial charge in [0.25, 0.3) is 0 Å². The molecular formula is C76H96N2S. The molecule has 0 spiro atoms. The van der Waals surface area contributed by atoms with Crippen LogP contribution < -0.4 is 9.80 Å². The van der Waals surface area contributed by atoms with Crippen LogP contribution in [-0.2, 0) is 48.7 Å². The third kappa shape index (κ3) is 9.35. The lowest BCUT2D eigenvalue weighted by molar-refractivity contribution is 0.331. The second-order valence-corrected chi connectivity index (χ2v) is 32.8. The first-order valence-corrected chi connectivity index (χ1v) is 31.3. The molecule has 6 aromatic carbocycles. The van der Waals surface area contributed by atoms with Crippen LogP contribution in [0.2, 0.25) is 0 Å². The van der Waals surface area contributed by atoms with Gasteiger partial charge in [-0.3, -0.25) is 0 Å². The summed E-state index contributed by atoms with van der Waals surface area (Å²) in [6, 6.07) is 40.2. The lowest BCUT2D eigenvalue weighted by atomic mass is 9.62. The number of fused-ring (bicyclic) bond motifs is 5. The summed E-state index contributed by atoms with van der Waals surface area (Å²) in [6.45, 7) is 51.5. The van der Waals surface area contributed by atoms with Crippen LogP contribution in [-0.4, -0.2) is 0 Å². The number of hydrogen-bond donors (Lipinski definition) is 0. The standard InChI is InChI=1S/C76H96N2S/c1-47-37-51(77(50-26-27-56-59(42-50)72(12,13)30-29-69(56,6)7)64-24-22-23-57-67(64)76(20,21)36-35-70(57,8)9)41-52(38-47)78(65-46-79-66-45-62-61(44-55(65)66)74(16,17)33-34-75(62,18)19)63-28-25-49(68(3,4)5)40-54(63)53-43-60-58(39-48(53)2)71(10,11)31-32-73(60,14)15/h22-28,37-46H,29-36H2,1-21H3. The first-order valence-electron chi connectivity index (χ1n) is 30.4. The van der Waals surface area contributed by atoms with E-state index >= 15 is 0 Å². The molecule has 4 aliphatic rings. The smallest absolute Gasteiger partial charge is 0.0647 e. The molecule has 0 amide bonds. The van der Waals surface area contributed by atoms with Crippen molar-refractivity contribution >= 4 is 55.5 Å². The molecule has 0 radical (unpaired) electrons. The zero-order valence-corrected chi connectivity index (χ0v) is 53.6. The molecule has 416 valence electrons. The summed E-state index contributed by atoms with van der Waals surface area (Å²) in [6.07, 6.45) is 9.42. The van der Waals surface area contributed by atoms with Crippen LogP contribution in [0.4, 0.5) is 34.1 Å². The Morgan fingerprint density at radius 2 is 0.873 bits per heavy atom. The van der Waals surface area contributed by atoms with Gasteiger partial charge in [0.2, 0.25) is 0 Å². The van der Waals surface area contributed by atoms with Crippen molar-refractivity contribution in [2.24, 2.45) is 0 Å². The van der Waals surface area contributed by atoms with Gasteiger partial charge in [-0.05, 0) is 247 Å². The number of benzene rings is 6. The van der Waals surface area contributed by atoms with Crippen LogP contribution in [0.25, 0.3) is 21.2 Å². The van der Waals surface area contributed by atoms with E-state index in [-0.39, 0.29) is 48.7 Å². The molecule has 4 aliphatic carbocycles. The number of nitrogens with zero attached hydrogens (tertiary/aromatic N) is 2. The lowest BCUT2D eigenvalue weighted by Crippen LogP contribution is -2.35. The van der Waals surface area contributed by atoms with E-state index < -0.39 is 0 Å². The molecule has 11 rings (SSSR count). The monoisotopic (exact) mass is 1070 g/mol. The summed E-state index contributed by atoms with van der Waals surface area (Å²) in [5.41, 5.74) is 26.5. The maximum Gasteiger partial charge on any atom is 0.0647 e. The molecule has 79 heavy (non-hydrogen) atoms. The SMILES string of the molecule is Cc1cc(N(c2ccc3c(c2)C(C)(C)CCC3(C)C)c2cccc3c2C(C)(C)CCC3(C)C)cc(N(c2ccc(C(C)(C)C)cc2-c2cc3c(cc2C)C(C)(C)CCC3(C)C)c2csc3cc4c(cc23)C(C)(C)CCC4(C)C)c1. The third-order valence-corrected chi connectivity index (χ3v) is 22.0. The molecule has 0 bridgehead atoms. The minimum atomic E-state index is -0.0547. The molecule has 2 nitrogen and oxygen atoms in total. The van der Waals surface area contributed by atoms with E-state index in [1.54, 1.807) is 0 Å². The maximum atomic E-state index is 2.70. The van der Waals surface area contributed by atoms with Gasteiger partial charge < -0.3 is 9.80 Å². The molecule has 0 N–H and O–H groups in total. The quantitative estimate of drug-likeness (QED) is 0.157. The minimum Gasteiger partial charge on any atom is -0.310 e. The van der Waals surface area contributed by atoms with Gasteiger partial charge in [0.15, 0.2) is 0 Å². The molecule has 0 fully saturated rings. The average Bonchev–Trinajstić information content (AvgIpc) is 3.96. The second-order valence-electron chi connectivity index (χ2n) is 31.9. The van der Waals surface area contributed by atoms with E-state index in [1.807, 2.05) is 11.3 Å². The van der Waals surface area contributed by atoms with E-state index in [0.717, 1.165) is 6.42 Å². The molecule has 0 aliphatic heterocycles. The Morgan fingerprint density at radius 3 is 1.46 bits per heavy atom. The van der Waals surface area contributed by atoms with E-state index in [1.165, 1.54) is 161 Å². The molecule has 7 aromatic rings. The van der Waals surface area contributed by atoms with Gasteiger partial charge in [0.05, 0.1) is 17.1 Å². The van der Waals surface area contributed by atoms with Crippen LogP contribution in [0.5, 0.6) is 0 Å². The number of anilines is 6.